The molecule has 1 rings (SSSR count). The Morgan fingerprint density at radius 2 is 2.00 bits per heavy atom. The number of hydrogen-bond acceptors (Lipinski definition) is 3. The topological polar surface area (TPSA) is 32.3 Å². The summed E-state index contributed by atoms with van der Waals surface area (Å²) in [6, 6.07) is 1.11. The summed E-state index contributed by atoms with van der Waals surface area (Å²) in [6.07, 6.45) is 2.83. The van der Waals surface area contributed by atoms with E-state index in [1.165, 1.54) is 0 Å². The van der Waals surface area contributed by atoms with Crippen molar-refractivity contribution in [3.8, 4) is 0 Å². The number of nitrogens with zero attached hydrogens (tertiary/aromatic N) is 1. The lowest BCUT2D eigenvalue weighted by molar-refractivity contribution is 0.0367. The predicted molar refractivity (Wildman–Crippen MR) is 80.4 cm³/mol. The summed E-state index contributed by atoms with van der Waals surface area (Å²) in [7, 11) is -0.674. The van der Waals surface area contributed by atoms with E-state index in [0.29, 0.717) is 18.0 Å². The van der Waals surface area contributed by atoms with E-state index in [1.807, 2.05) is 0 Å². The molecule has 1 heterocycles. The van der Waals surface area contributed by atoms with Crippen molar-refractivity contribution in [3.05, 3.63) is 0 Å². The zero-order valence-electron chi connectivity index (χ0n) is 12.8. The first kappa shape index (κ1) is 16.1. The molecular weight excluding hydrogens is 244 g/mol. The molecule has 3 unspecified atom stereocenters. The zero-order chi connectivity index (χ0) is 13.9. The molecule has 0 bridgehead atoms. The molecular formula is C14H30N2OS. The molecule has 1 N–H and O–H groups in total. The maximum absolute atomic E-state index is 11.3. The second kappa shape index (κ2) is 6.49. The number of rotatable bonds is 5. The van der Waals surface area contributed by atoms with E-state index in [2.05, 4.69) is 44.8 Å². The molecule has 1 aliphatic heterocycles. The van der Waals surface area contributed by atoms with E-state index in [9.17, 15) is 4.21 Å². The van der Waals surface area contributed by atoms with Crippen LogP contribution in [0.4, 0.5) is 0 Å². The number of hydrogen-bond donors (Lipinski definition) is 1. The fourth-order valence-corrected chi connectivity index (χ4v) is 3.40. The lowest BCUT2D eigenvalue weighted by atomic mass is 9.91. The van der Waals surface area contributed by atoms with E-state index in [4.69, 9.17) is 0 Å². The van der Waals surface area contributed by atoms with Crippen molar-refractivity contribution in [3.63, 3.8) is 0 Å². The Kier molecular flexibility index (Phi) is 5.81. The van der Waals surface area contributed by atoms with Crippen molar-refractivity contribution < 1.29 is 4.21 Å². The summed E-state index contributed by atoms with van der Waals surface area (Å²) in [6.45, 7) is 13.5. The summed E-state index contributed by atoms with van der Waals surface area (Å²) >= 11 is 0. The first-order chi connectivity index (χ1) is 8.23. The molecule has 4 heteroatoms. The van der Waals surface area contributed by atoms with Crippen molar-refractivity contribution in [2.45, 2.75) is 58.7 Å². The molecule has 3 nitrogen and oxygen atoms in total. The Hall–Kier alpha value is 0.0700. The van der Waals surface area contributed by atoms with Gasteiger partial charge in [0.15, 0.2) is 0 Å². The van der Waals surface area contributed by atoms with Crippen molar-refractivity contribution >= 4 is 10.8 Å². The molecule has 108 valence electrons. The summed E-state index contributed by atoms with van der Waals surface area (Å²) in [5.74, 6) is 1.47. The van der Waals surface area contributed by atoms with Crippen LogP contribution in [0.25, 0.3) is 0 Å². The van der Waals surface area contributed by atoms with Gasteiger partial charge in [0.2, 0.25) is 0 Å². The molecule has 0 aromatic heterocycles. The van der Waals surface area contributed by atoms with E-state index in [-0.39, 0.29) is 5.54 Å². The van der Waals surface area contributed by atoms with Crippen molar-refractivity contribution in [1.82, 2.24) is 10.2 Å². The minimum atomic E-state index is -0.674. The Bertz CT molecular complexity index is 292. The van der Waals surface area contributed by atoms with Crippen LogP contribution in [0.1, 0.15) is 41.0 Å². The van der Waals surface area contributed by atoms with Gasteiger partial charge >= 0.3 is 0 Å². The summed E-state index contributed by atoms with van der Waals surface area (Å²) in [5, 5.41) is 3.64. The quantitative estimate of drug-likeness (QED) is 0.830. The van der Waals surface area contributed by atoms with Crippen LogP contribution in [0.5, 0.6) is 0 Å². The van der Waals surface area contributed by atoms with Gasteiger partial charge in [0.25, 0.3) is 0 Å². The lowest BCUT2D eigenvalue weighted by Crippen LogP contribution is -2.64. The fraction of sp³-hybridized carbons (Fsp3) is 1.00. The van der Waals surface area contributed by atoms with Gasteiger partial charge in [0.05, 0.1) is 0 Å². The minimum absolute atomic E-state index is 0.186. The summed E-state index contributed by atoms with van der Waals surface area (Å²) in [4.78, 5) is 2.62. The van der Waals surface area contributed by atoms with Crippen LogP contribution in [0.15, 0.2) is 0 Å². The van der Waals surface area contributed by atoms with Crippen molar-refractivity contribution in [2.75, 3.05) is 25.1 Å². The van der Waals surface area contributed by atoms with Crippen LogP contribution in [0.2, 0.25) is 0 Å². The number of nitrogens with one attached hydrogen (secondary N) is 1. The van der Waals surface area contributed by atoms with E-state index >= 15 is 0 Å². The molecule has 0 spiro atoms. The summed E-state index contributed by atoms with van der Waals surface area (Å²) < 4.78 is 11.3. The van der Waals surface area contributed by atoms with Crippen LogP contribution in [0.3, 0.4) is 0 Å². The number of piperazine rings is 1. The Morgan fingerprint density at radius 1 is 1.39 bits per heavy atom. The van der Waals surface area contributed by atoms with E-state index in [0.717, 1.165) is 25.3 Å². The van der Waals surface area contributed by atoms with Crippen LogP contribution in [-0.4, -0.2) is 51.8 Å². The van der Waals surface area contributed by atoms with Gasteiger partial charge in [-0.3, -0.25) is 9.11 Å². The van der Waals surface area contributed by atoms with E-state index in [1.54, 1.807) is 6.26 Å². The Morgan fingerprint density at radius 3 is 2.50 bits per heavy atom. The molecule has 0 aromatic rings. The molecule has 0 saturated carbocycles. The first-order valence-electron chi connectivity index (χ1n) is 7.04. The monoisotopic (exact) mass is 274 g/mol. The normalized spacial score (nSPS) is 28.3. The van der Waals surface area contributed by atoms with Crippen molar-refractivity contribution in [2.24, 2.45) is 5.92 Å². The molecule has 3 atom stereocenters. The minimum Gasteiger partial charge on any atom is -0.309 e. The third-order valence-corrected chi connectivity index (χ3v) is 4.76. The fourth-order valence-electron chi connectivity index (χ4n) is 2.73. The van der Waals surface area contributed by atoms with Crippen LogP contribution in [0, 0.1) is 5.92 Å². The Balaban J connectivity index is 2.68. The maximum atomic E-state index is 11.3. The average molecular weight is 274 g/mol. The second-order valence-electron chi connectivity index (χ2n) is 6.66. The largest absolute Gasteiger partial charge is 0.309 e. The zero-order valence-corrected chi connectivity index (χ0v) is 13.6. The van der Waals surface area contributed by atoms with E-state index < -0.39 is 10.8 Å². The molecule has 18 heavy (non-hydrogen) atoms. The summed E-state index contributed by atoms with van der Waals surface area (Å²) in [5.41, 5.74) is 0.186. The first-order valence-corrected chi connectivity index (χ1v) is 8.76. The standard InChI is InChI=1S/C14H30N2OS/c1-11(2)13-9-15-14(4,5)10-16(13)12(3)7-8-18(6)17/h11-13,15H,7-10H2,1-6H3. The molecule has 1 saturated heterocycles. The highest BCUT2D eigenvalue weighted by Crippen LogP contribution is 2.23. The smallest absolute Gasteiger partial charge is 0.0253 e. The van der Waals surface area contributed by atoms with Gasteiger partial charge in [-0.15, -0.1) is 0 Å². The molecule has 0 radical (unpaired) electrons. The van der Waals surface area contributed by atoms with Gasteiger partial charge in [0, 0.05) is 53.5 Å². The Labute approximate surface area is 115 Å². The van der Waals surface area contributed by atoms with Gasteiger partial charge in [0.1, 0.15) is 0 Å². The van der Waals surface area contributed by atoms with Crippen LogP contribution < -0.4 is 5.32 Å². The van der Waals surface area contributed by atoms with Crippen molar-refractivity contribution in [1.29, 1.82) is 0 Å². The van der Waals surface area contributed by atoms with Gasteiger partial charge in [-0.05, 0) is 33.1 Å². The second-order valence-corrected chi connectivity index (χ2v) is 8.22. The highest BCUT2D eigenvalue weighted by Gasteiger charge is 2.36. The molecule has 0 aromatic carbocycles. The predicted octanol–water partition coefficient (Wildman–Crippen LogP) is 1.85. The van der Waals surface area contributed by atoms with Gasteiger partial charge in [-0.2, -0.15) is 0 Å². The lowest BCUT2D eigenvalue weighted by Gasteiger charge is -2.49. The molecule has 1 aliphatic rings. The van der Waals surface area contributed by atoms with Gasteiger partial charge in [-0.1, -0.05) is 13.8 Å². The average Bonchev–Trinajstić information content (AvgIpc) is 2.23. The van der Waals surface area contributed by atoms with Crippen LogP contribution in [-0.2, 0) is 10.8 Å². The SMILES string of the molecule is CC(C)C1CNC(C)(C)CN1C(C)CCS(C)=O. The van der Waals surface area contributed by atoms with Gasteiger partial charge < -0.3 is 5.32 Å². The molecule has 0 aliphatic carbocycles. The maximum Gasteiger partial charge on any atom is 0.0253 e. The molecule has 1 fully saturated rings. The third-order valence-electron chi connectivity index (χ3n) is 3.95. The third kappa shape index (κ3) is 4.63. The van der Waals surface area contributed by atoms with Crippen LogP contribution >= 0.6 is 0 Å². The highest BCUT2D eigenvalue weighted by molar-refractivity contribution is 7.84. The highest BCUT2D eigenvalue weighted by atomic mass is 32.2. The molecule has 0 amide bonds. The van der Waals surface area contributed by atoms with Gasteiger partial charge in [-0.25, -0.2) is 0 Å².